The summed E-state index contributed by atoms with van der Waals surface area (Å²) in [4.78, 5) is 71.7. The molecule has 0 aliphatic carbocycles. The second-order valence-electron chi connectivity index (χ2n) is 9.40. The number of esters is 4. The Morgan fingerprint density at radius 2 is 1.24 bits per heavy atom. The summed E-state index contributed by atoms with van der Waals surface area (Å²) in [6, 6.07) is -0.802. The van der Waals surface area contributed by atoms with Crippen LogP contribution >= 0.6 is 0 Å². The van der Waals surface area contributed by atoms with E-state index in [1.165, 1.54) is 0 Å². The molecule has 0 heterocycles. The van der Waals surface area contributed by atoms with Crippen molar-refractivity contribution in [1.29, 1.82) is 0 Å². The highest BCUT2D eigenvalue weighted by Gasteiger charge is 2.37. The predicted octanol–water partition coefficient (Wildman–Crippen LogP) is 2.15. The van der Waals surface area contributed by atoms with Gasteiger partial charge in [-0.05, 0) is 32.1 Å². The van der Waals surface area contributed by atoms with Crippen LogP contribution in [0.2, 0.25) is 0 Å². The highest BCUT2D eigenvalue weighted by Crippen LogP contribution is 2.21. The predicted molar refractivity (Wildman–Crippen MR) is 147 cm³/mol. The minimum Gasteiger partial charge on any atom is -0.464 e. The van der Waals surface area contributed by atoms with E-state index in [9.17, 15) is 28.8 Å². The zero-order valence-electron chi connectivity index (χ0n) is 24.1. The summed E-state index contributed by atoms with van der Waals surface area (Å²) in [5.74, 6) is -3.05. The second kappa shape index (κ2) is 20.7. The van der Waals surface area contributed by atoms with E-state index < -0.39 is 67.9 Å². The van der Waals surface area contributed by atoms with Crippen LogP contribution in [0.15, 0.2) is 38.0 Å². The summed E-state index contributed by atoms with van der Waals surface area (Å²) >= 11 is 0. The Labute approximate surface area is 240 Å². The lowest BCUT2D eigenvalue weighted by Crippen LogP contribution is -2.44. The number of carbonyl (C=O) groups excluding carboxylic acids is 6. The number of rotatable bonds is 21. The van der Waals surface area contributed by atoms with Gasteiger partial charge in [-0.2, -0.15) is 0 Å². The average molecular weight is 583 g/mol. The minimum absolute atomic E-state index is 0.129. The summed E-state index contributed by atoms with van der Waals surface area (Å²) < 4.78 is 25.5. The fourth-order valence-electron chi connectivity index (χ4n) is 3.15. The quantitative estimate of drug-likeness (QED) is 0.0879. The highest BCUT2D eigenvalue weighted by molar-refractivity contribution is 5.84. The molecular formula is C28H42N2O11. The first-order chi connectivity index (χ1) is 19.4. The first kappa shape index (κ1) is 36.8. The van der Waals surface area contributed by atoms with Crippen molar-refractivity contribution in [2.24, 2.45) is 11.3 Å². The third-order valence-electron chi connectivity index (χ3n) is 5.26. The number of carbonyl (C=O) groups is 6. The standard InChI is InChI=1S/C28H42N2O11/c1-7-23(32)38-16-28(17-39-24(33)8-2,18-40-25(34)9-3)19-41-27(36)29-14-12-11-13-21(26(35)37-10-4)30-22(31)15-20(5)6/h7-9,20-21H,1-3,10-19H2,4-6H3,(H,29,36)(H,30,31). The van der Waals surface area contributed by atoms with E-state index in [0.717, 1.165) is 18.2 Å². The molecule has 41 heavy (non-hydrogen) atoms. The first-order valence-electron chi connectivity index (χ1n) is 13.2. The molecule has 0 saturated carbocycles. The third kappa shape index (κ3) is 17.2. The van der Waals surface area contributed by atoms with Crippen molar-refractivity contribution >= 4 is 35.9 Å². The molecule has 0 saturated heterocycles. The normalized spacial score (nSPS) is 11.3. The average Bonchev–Trinajstić information content (AvgIpc) is 2.94. The number of unbranched alkanes of at least 4 members (excludes halogenated alkanes) is 1. The van der Waals surface area contributed by atoms with Crippen molar-refractivity contribution in [3.63, 3.8) is 0 Å². The van der Waals surface area contributed by atoms with Crippen molar-refractivity contribution in [3.05, 3.63) is 38.0 Å². The largest absolute Gasteiger partial charge is 0.464 e. The van der Waals surface area contributed by atoms with Crippen molar-refractivity contribution in [1.82, 2.24) is 10.6 Å². The molecule has 13 nitrogen and oxygen atoms in total. The highest BCUT2D eigenvalue weighted by atomic mass is 16.6. The van der Waals surface area contributed by atoms with E-state index in [-0.39, 0.29) is 31.4 Å². The van der Waals surface area contributed by atoms with Gasteiger partial charge < -0.3 is 34.3 Å². The molecule has 13 heteroatoms. The Kier molecular flexibility index (Phi) is 18.6. The number of nitrogens with one attached hydrogen (secondary N) is 2. The van der Waals surface area contributed by atoms with Gasteiger partial charge >= 0.3 is 30.0 Å². The van der Waals surface area contributed by atoms with Crippen molar-refractivity contribution in [2.75, 3.05) is 39.6 Å². The summed E-state index contributed by atoms with van der Waals surface area (Å²) in [5, 5.41) is 5.23. The lowest BCUT2D eigenvalue weighted by molar-refractivity contribution is -0.159. The summed E-state index contributed by atoms with van der Waals surface area (Å²) in [5.41, 5.74) is -1.45. The number of alkyl carbamates (subject to hydrolysis) is 1. The van der Waals surface area contributed by atoms with Crippen LogP contribution in [0.25, 0.3) is 0 Å². The summed E-state index contributed by atoms with van der Waals surface area (Å²) in [6.07, 6.45) is 3.38. The van der Waals surface area contributed by atoms with Crippen LogP contribution in [0.1, 0.15) is 46.5 Å². The van der Waals surface area contributed by atoms with Gasteiger partial charge in [0.1, 0.15) is 37.9 Å². The van der Waals surface area contributed by atoms with Crippen molar-refractivity contribution < 1.29 is 52.5 Å². The molecule has 0 aliphatic heterocycles. The Morgan fingerprint density at radius 3 is 1.68 bits per heavy atom. The molecule has 2 amide bonds. The zero-order valence-corrected chi connectivity index (χ0v) is 24.1. The van der Waals surface area contributed by atoms with E-state index >= 15 is 0 Å². The Bertz CT molecular complexity index is 870. The van der Waals surface area contributed by atoms with E-state index in [4.69, 9.17) is 23.7 Å². The van der Waals surface area contributed by atoms with Gasteiger partial charge in [0.2, 0.25) is 5.91 Å². The molecule has 2 N–H and O–H groups in total. The van der Waals surface area contributed by atoms with Crippen LogP contribution in [-0.4, -0.2) is 81.5 Å². The van der Waals surface area contributed by atoms with Gasteiger partial charge in [0.05, 0.1) is 6.61 Å². The smallest absolute Gasteiger partial charge is 0.407 e. The Balaban J connectivity index is 5.11. The monoisotopic (exact) mass is 582 g/mol. The van der Waals surface area contributed by atoms with E-state index in [1.807, 2.05) is 13.8 Å². The molecule has 0 fully saturated rings. The van der Waals surface area contributed by atoms with Crippen LogP contribution in [0.4, 0.5) is 4.79 Å². The zero-order chi connectivity index (χ0) is 31.3. The summed E-state index contributed by atoms with van der Waals surface area (Å²) in [7, 11) is 0. The van der Waals surface area contributed by atoms with Crippen LogP contribution < -0.4 is 10.6 Å². The van der Waals surface area contributed by atoms with Gasteiger partial charge in [-0.15, -0.1) is 0 Å². The van der Waals surface area contributed by atoms with Crippen LogP contribution in [-0.2, 0) is 47.7 Å². The summed E-state index contributed by atoms with van der Waals surface area (Å²) in [6.45, 7) is 13.9. The minimum atomic E-state index is -1.45. The molecule has 0 aliphatic rings. The maximum atomic E-state index is 12.4. The van der Waals surface area contributed by atoms with Gasteiger partial charge in [0.15, 0.2) is 0 Å². The fourth-order valence-corrected chi connectivity index (χ4v) is 3.15. The van der Waals surface area contributed by atoms with E-state index in [1.54, 1.807) is 6.92 Å². The molecular weight excluding hydrogens is 540 g/mol. The number of hydrogen-bond donors (Lipinski definition) is 2. The van der Waals surface area contributed by atoms with Gasteiger partial charge in [0, 0.05) is 31.2 Å². The molecule has 0 aromatic heterocycles. The molecule has 1 unspecified atom stereocenters. The molecule has 0 radical (unpaired) electrons. The Hall–Kier alpha value is -4.16. The van der Waals surface area contributed by atoms with Gasteiger partial charge in [-0.25, -0.2) is 24.0 Å². The van der Waals surface area contributed by atoms with Crippen LogP contribution in [0.3, 0.4) is 0 Å². The molecule has 0 rings (SSSR count). The van der Waals surface area contributed by atoms with Crippen molar-refractivity contribution in [2.45, 2.75) is 52.5 Å². The maximum Gasteiger partial charge on any atom is 0.407 e. The lowest BCUT2D eigenvalue weighted by atomic mass is 9.92. The van der Waals surface area contributed by atoms with Crippen LogP contribution in [0.5, 0.6) is 0 Å². The number of ether oxygens (including phenoxy) is 5. The van der Waals surface area contributed by atoms with Gasteiger partial charge in [-0.1, -0.05) is 33.6 Å². The van der Waals surface area contributed by atoms with Crippen LogP contribution in [0, 0.1) is 11.3 Å². The molecule has 0 aromatic carbocycles. The van der Waals surface area contributed by atoms with E-state index in [2.05, 4.69) is 30.4 Å². The maximum absolute atomic E-state index is 12.4. The SMILES string of the molecule is C=CC(=O)OCC(COC(=O)C=C)(COC(=O)C=C)COC(=O)NCCCCC(NC(=O)CC(C)C)C(=O)OCC. The van der Waals surface area contributed by atoms with E-state index in [0.29, 0.717) is 19.3 Å². The van der Waals surface area contributed by atoms with Crippen molar-refractivity contribution in [3.8, 4) is 0 Å². The third-order valence-corrected chi connectivity index (χ3v) is 5.26. The lowest BCUT2D eigenvalue weighted by Gasteiger charge is -2.31. The molecule has 0 bridgehead atoms. The fraction of sp³-hybridized carbons (Fsp3) is 0.571. The molecule has 230 valence electrons. The topological polar surface area (TPSA) is 173 Å². The molecule has 0 aromatic rings. The number of hydrogen-bond acceptors (Lipinski definition) is 11. The molecule has 1 atom stereocenters. The number of amides is 2. The van der Waals surface area contributed by atoms with Gasteiger partial charge in [-0.3, -0.25) is 4.79 Å². The van der Waals surface area contributed by atoms with Gasteiger partial charge in [0.25, 0.3) is 0 Å². The first-order valence-corrected chi connectivity index (χ1v) is 13.2. The Morgan fingerprint density at radius 1 is 0.756 bits per heavy atom. The molecule has 0 spiro atoms. The second-order valence-corrected chi connectivity index (χ2v) is 9.40.